The minimum Gasteiger partial charge on any atom is -0.341 e. The number of benzene rings is 1. The molecule has 0 aliphatic heterocycles. The highest BCUT2D eigenvalue weighted by atomic mass is 19.4. The van der Waals surface area contributed by atoms with Crippen molar-refractivity contribution in [2.45, 2.75) is 45.3 Å². The molecular weight excluding hydrogens is 279 g/mol. The SMILES string of the molecule is CN(Cc1ccc(C(F)(F)F)cc1)C(=O)C1(C)CCCC1. The Morgan fingerprint density at radius 2 is 1.71 bits per heavy atom. The molecule has 0 unspecified atom stereocenters. The molecule has 0 heterocycles. The van der Waals surface area contributed by atoms with Gasteiger partial charge in [0.25, 0.3) is 0 Å². The van der Waals surface area contributed by atoms with Gasteiger partial charge < -0.3 is 4.90 Å². The maximum atomic E-state index is 12.5. The molecule has 1 aromatic carbocycles. The van der Waals surface area contributed by atoms with Crippen molar-refractivity contribution in [3.63, 3.8) is 0 Å². The third-order valence-corrected chi connectivity index (χ3v) is 4.27. The van der Waals surface area contributed by atoms with Crippen LogP contribution >= 0.6 is 0 Å². The van der Waals surface area contributed by atoms with Crippen molar-refractivity contribution in [3.8, 4) is 0 Å². The van der Waals surface area contributed by atoms with Crippen LogP contribution in [0.3, 0.4) is 0 Å². The van der Waals surface area contributed by atoms with E-state index >= 15 is 0 Å². The summed E-state index contributed by atoms with van der Waals surface area (Å²) < 4.78 is 37.5. The second-order valence-corrected chi connectivity index (χ2v) is 6.12. The highest BCUT2D eigenvalue weighted by molar-refractivity contribution is 5.82. The van der Waals surface area contributed by atoms with Gasteiger partial charge in [0.15, 0.2) is 0 Å². The monoisotopic (exact) mass is 299 g/mol. The van der Waals surface area contributed by atoms with Crippen LogP contribution in [-0.2, 0) is 17.5 Å². The van der Waals surface area contributed by atoms with E-state index in [1.165, 1.54) is 12.1 Å². The van der Waals surface area contributed by atoms with E-state index in [-0.39, 0.29) is 11.3 Å². The van der Waals surface area contributed by atoms with Crippen molar-refractivity contribution in [1.82, 2.24) is 4.90 Å². The van der Waals surface area contributed by atoms with Crippen molar-refractivity contribution in [1.29, 1.82) is 0 Å². The Labute approximate surface area is 122 Å². The summed E-state index contributed by atoms with van der Waals surface area (Å²) in [4.78, 5) is 14.1. The molecule has 0 N–H and O–H groups in total. The molecule has 0 saturated heterocycles. The smallest absolute Gasteiger partial charge is 0.341 e. The maximum absolute atomic E-state index is 12.5. The highest BCUT2D eigenvalue weighted by Crippen LogP contribution is 2.39. The maximum Gasteiger partial charge on any atom is 0.416 e. The lowest BCUT2D eigenvalue weighted by atomic mass is 9.87. The number of amides is 1. The average Bonchev–Trinajstić information content (AvgIpc) is 2.85. The van der Waals surface area contributed by atoms with Crippen molar-refractivity contribution in [3.05, 3.63) is 35.4 Å². The van der Waals surface area contributed by atoms with Crippen molar-refractivity contribution >= 4 is 5.91 Å². The molecule has 0 atom stereocenters. The fourth-order valence-electron chi connectivity index (χ4n) is 2.97. The number of rotatable bonds is 3. The summed E-state index contributed by atoms with van der Waals surface area (Å²) in [7, 11) is 1.71. The molecule has 2 rings (SSSR count). The van der Waals surface area contributed by atoms with Crippen LogP contribution in [0.1, 0.15) is 43.7 Å². The van der Waals surface area contributed by atoms with E-state index in [4.69, 9.17) is 0 Å². The van der Waals surface area contributed by atoms with Crippen LogP contribution in [-0.4, -0.2) is 17.9 Å². The first-order valence-corrected chi connectivity index (χ1v) is 7.14. The molecule has 0 radical (unpaired) electrons. The van der Waals surface area contributed by atoms with Gasteiger partial charge in [-0.1, -0.05) is 31.9 Å². The van der Waals surface area contributed by atoms with Crippen LogP contribution in [0.5, 0.6) is 0 Å². The number of hydrogen-bond donors (Lipinski definition) is 0. The molecule has 1 aliphatic carbocycles. The number of alkyl halides is 3. The standard InChI is InChI=1S/C16H20F3NO/c1-15(9-3-4-10-15)14(21)20(2)11-12-5-7-13(8-6-12)16(17,18)19/h5-8H,3-4,9-11H2,1-2H3. The van der Waals surface area contributed by atoms with Crippen LogP contribution in [0.2, 0.25) is 0 Å². The van der Waals surface area contributed by atoms with Crippen LogP contribution in [0.25, 0.3) is 0 Å². The lowest BCUT2D eigenvalue weighted by Gasteiger charge is -2.29. The Morgan fingerprint density at radius 1 is 1.19 bits per heavy atom. The summed E-state index contributed by atoms with van der Waals surface area (Å²) in [6.07, 6.45) is -0.406. The third-order valence-electron chi connectivity index (χ3n) is 4.27. The van der Waals surface area contributed by atoms with E-state index in [1.807, 2.05) is 6.92 Å². The van der Waals surface area contributed by atoms with Crippen molar-refractivity contribution in [2.24, 2.45) is 5.41 Å². The summed E-state index contributed by atoms with van der Waals surface area (Å²) in [6, 6.07) is 4.99. The summed E-state index contributed by atoms with van der Waals surface area (Å²) in [6.45, 7) is 2.32. The Hall–Kier alpha value is -1.52. The van der Waals surface area contributed by atoms with E-state index < -0.39 is 11.7 Å². The molecule has 5 heteroatoms. The Morgan fingerprint density at radius 3 is 2.19 bits per heavy atom. The second-order valence-electron chi connectivity index (χ2n) is 6.12. The molecule has 1 saturated carbocycles. The van der Waals surface area contributed by atoms with E-state index in [2.05, 4.69) is 0 Å². The van der Waals surface area contributed by atoms with Crippen LogP contribution in [0.15, 0.2) is 24.3 Å². The van der Waals surface area contributed by atoms with Crippen molar-refractivity contribution in [2.75, 3.05) is 7.05 Å². The second kappa shape index (κ2) is 5.70. The zero-order chi connectivity index (χ0) is 15.7. The number of carbonyl (C=O) groups is 1. The fraction of sp³-hybridized carbons (Fsp3) is 0.562. The fourth-order valence-corrected chi connectivity index (χ4v) is 2.97. The predicted molar refractivity (Wildman–Crippen MR) is 74.5 cm³/mol. The molecular formula is C16H20F3NO. The molecule has 0 aromatic heterocycles. The van der Waals surface area contributed by atoms with Crippen LogP contribution in [0.4, 0.5) is 13.2 Å². The van der Waals surface area contributed by atoms with E-state index in [9.17, 15) is 18.0 Å². The largest absolute Gasteiger partial charge is 0.416 e. The molecule has 116 valence electrons. The van der Waals surface area contributed by atoms with E-state index in [0.29, 0.717) is 12.1 Å². The summed E-state index contributed by atoms with van der Waals surface area (Å²) in [5, 5.41) is 0. The topological polar surface area (TPSA) is 20.3 Å². The lowest BCUT2D eigenvalue weighted by molar-refractivity contribution is -0.140. The van der Waals surface area contributed by atoms with Gasteiger partial charge >= 0.3 is 6.18 Å². The van der Waals surface area contributed by atoms with Gasteiger partial charge in [-0.05, 0) is 30.5 Å². The number of hydrogen-bond acceptors (Lipinski definition) is 1. The van der Waals surface area contributed by atoms with Crippen LogP contribution in [0, 0.1) is 5.41 Å². The highest BCUT2D eigenvalue weighted by Gasteiger charge is 2.38. The molecule has 1 fully saturated rings. The minimum absolute atomic E-state index is 0.0832. The Balaban J connectivity index is 2.02. The third kappa shape index (κ3) is 3.57. The van der Waals surface area contributed by atoms with Gasteiger partial charge in [-0.15, -0.1) is 0 Å². The first-order chi connectivity index (χ1) is 9.72. The van der Waals surface area contributed by atoms with Gasteiger partial charge in [-0.25, -0.2) is 0 Å². The average molecular weight is 299 g/mol. The van der Waals surface area contributed by atoms with Gasteiger partial charge in [0.05, 0.1) is 5.56 Å². The Kier molecular flexibility index (Phi) is 4.30. The molecule has 2 nitrogen and oxygen atoms in total. The van der Waals surface area contributed by atoms with E-state index in [1.54, 1.807) is 11.9 Å². The molecule has 1 amide bonds. The quantitative estimate of drug-likeness (QED) is 0.817. The molecule has 1 aliphatic rings. The summed E-state index contributed by atoms with van der Waals surface area (Å²) >= 11 is 0. The van der Waals surface area contributed by atoms with Gasteiger partial charge in [-0.2, -0.15) is 13.2 Å². The summed E-state index contributed by atoms with van der Waals surface area (Å²) in [5.74, 6) is 0.0832. The molecule has 0 spiro atoms. The predicted octanol–water partition coefficient (Wildman–Crippen LogP) is 4.24. The lowest BCUT2D eigenvalue weighted by Crippen LogP contribution is -2.38. The minimum atomic E-state index is -4.32. The number of nitrogens with zero attached hydrogens (tertiary/aromatic N) is 1. The number of carbonyl (C=O) groups excluding carboxylic acids is 1. The first kappa shape index (κ1) is 15.9. The summed E-state index contributed by atoms with van der Waals surface area (Å²) in [5.41, 5.74) is -0.260. The Bertz CT molecular complexity index is 501. The van der Waals surface area contributed by atoms with Gasteiger partial charge in [0, 0.05) is 19.0 Å². The van der Waals surface area contributed by atoms with E-state index in [0.717, 1.165) is 37.8 Å². The molecule has 1 aromatic rings. The number of halogens is 3. The normalized spacial score (nSPS) is 17.8. The molecule has 21 heavy (non-hydrogen) atoms. The zero-order valence-corrected chi connectivity index (χ0v) is 12.3. The van der Waals surface area contributed by atoms with Gasteiger partial charge in [-0.3, -0.25) is 4.79 Å². The van der Waals surface area contributed by atoms with Crippen molar-refractivity contribution < 1.29 is 18.0 Å². The zero-order valence-electron chi connectivity index (χ0n) is 12.3. The first-order valence-electron chi connectivity index (χ1n) is 7.14. The van der Waals surface area contributed by atoms with Gasteiger partial charge in [0.2, 0.25) is 5.91 Å². The van der Waals surface area contributed by atoms with Crippen LogP contribution < -0.4 is 0 Å². The van der Waals surface area contributed by atoms with Gasteiger partial charge in [0.1, 0.15) is 0 Å². The molecule has 0 bridgehead atoms.